The van der Waals surface area contributed by atoms with Gasteiger partial charge in [-0.25, -0.2) is 0 Å². The fourth-order valence-corrected chi connectivity index (χ4v) is 10.2. The summed E-state index contributed by atoms with van der Waals surface area (Å²) in [4.78, 5) is 0. The standard InChI is InChI=1S/C31H34O2Si/c1-26(23-33-24-28-16-8-3-9-17-28)25-34(29-18-10-4-11-19-29,30-20-12-5-13-21-30)31(32)22-27-14-6-2-7-15-27/h2-21,26,31-32H,22-25H2,1H3/t26-,31?/m0/s1. The lowest BCUT2D eigenvalue weighted by atomic mass is 10.2. The Hall–Kier alpha value is -2.98. The van der Waals surface area contributed by atoms with E-state index < -0.39 is 13.8 Å². The normalized spacial score (nSPS) is 13.4. The molecule has 0 bridgehead atoms. The molecule has 4 aromatic carbocycles. The van der Waals surface area contributed by atoms with Crippen LogP contribution in [0, 0.1) is 5.92 Å². The van der Waals surface area contributed by atoms with Gasteiger partial charge in [0.2, 0.25) is 0 Å². The van der Waals surface area contributed by atoms with Crippen LogP contribution >= 0.6 is 0 Å². The van der Waals surface area contributed by atoms with Crippen molar-refractivity contribution in [1.82, 2.24) is 0 Å². The van der Waals surface area contributed by atoms with Gasteiger partial charge in [-0.2, -0.15) is 0 Å². The first kappa shape index (κ1) is 24.2. The highest BCUT2D eigenvalue weighted by molar-refractivity contribution is 7.03. The van der Waals surface area contributed by atoms with E-state index in [1.807, 2.05) is 24.3 Å². The van der Waals surface area contributed by atoms with Crippen LogP contribution in [0.15, 0.2) is 121 Å². The predicted octanol–water partition coefficient (Wildman–Crippen LogP) is 5.25. The number of hydrogen-bond donors (Lipinski definition) is 1. The third-order valence-corrected chi connectivity index (χ3v) is 12.0. The maximum atomic E-state index is 12.0. The van der Waals surface area contributed by atoms with E-state index in [4.69, 9.17) is 4.74 Å². The second kappa shape index (κ2) is 11.9. The monoisotopic (exact) mass is 466 g/mol. The molecule has 3 heteroatoms. The molecule has 0 aromatic heterocycles. The number of ether oxygens (including phenoxy) is 1. The molecule has 34 heavy (non-hydrogen) atoms. The summed E-state index contributed by atoms with van der Waals surface area (Å²) < 4.78 is 6.14. The molecule has 0 aliphatic heterocycles. The Balaban J connectivity index is 1.64. The largest absolute Gasteiger partial charge is 0.395 e. The van der Waals surface area contributed by atoms with Crippen molar-refractivity contribution in [3.63, 3.8) is 0 Å². The molecule has 0 amide bonds. The number of benzene rings is 4. The Morgan fingerprint density at radius 2 is 1.09 bits per heavy atom. The molecule has 4 rings (SSSR count). The molecule has 0 aliphatic carbocycles. The first-order valence-corrected chi connectivity index (χ1v) is 14.4. The Bertz CT molecular complexity index is 1060. The van der Waals surface area contributed by atoms with Gasteiger partial charge in [0.25, 0.3) is 0 Å². The zero-order valence-corrected chi connectivity index (χ0v) is 20.9. The lowest BCUT2D eigenvalue weighted by Gasteiger charge is -2.39. The van der Waals surface area contributed by atoms with Crippen LogP contribution in [-0.4, -0.2) is 25.5 Å². The molecule has 0 spiro atoms. The van der Waals surface area contributed by atoms with Gasteiger partial charge >= 0.3 is 0 Å². The molecule has 0 aliphatic rings. The summed E-state index contributed by atoms with van der Waals surface area (Å²) in [6.07, 6.45) is 0.647. The number of aliphatic hydroxyl groups is 1. The topological polar surface area (TPSA) is 29.5 Å². The van der Waals surface area contributed by atoms with Crippen LogP contribution in [0.25, 0.3) is 0 Å². The number of aliphatic hydroxyl groups excluding tert-OH is 1. The Labute approximate surface area is 204 Å². The predicted molar refractivity (Wildman–Crippen MR) is 144 cm³/mol. The fraction of sp³-hybridized carbons (Fsp3) is 0.226. The lowest BCUT2D eigenvalue weighted by Crippen LogP contribution is -2.68. The second-order valence-corrected chi connectivity index (χ2v) is 13.4. The first-order chi connectivity index (χ1) is 16.7. The quantitative estimate of drug-likeness (QED) is 0.306. The van der Waals surface area contributed by atoms with E-state index >= 15 is 0 Å². The van der Waals surface area contributed by atoms with E-state index in [0.717, 1.165) is 6.04 Å². The van der Waals surface area contributed by atoms with Gasteiger partial charge in [-0.05, 0) is 29.5 Å². The zero-order valence-electron chi connectivity index (χ0n) is 19.9. The fourth-order valence-electron chi connectivity index (χ4n) is 4.97. The van der Waals surface area contributed by atoms with Crippen molar-refractivity contribution in [2.75, 3.05) is 6.61 Å². The molecule has 1 unspecified atom stereocenters. The van der Waals surface area contributed by atoms with Crippen molar-refractivity contribution in [2.24, 2.45) is 5.92 Å². The van der Waals surface area contributed by atoms with Crippen molar-refractivity contribution in [3.05, 3.63) is 132 Å². The summed E-state index contributed by atoms with van der Waals surface area (Å²) in [5.41, 5.74) is 1.91. The summed E-state index contributed by atoms with van der Waals surface area (Å²) in [7, 11) is -2.55. The zero-order chi connectivity index (χ0) is 23.6. The Morgan fingerprint density at radius 1 is 0.647 bits per heavy atom. The highest BCUT2D eigenvalue weighted by Gasteiger charge is 2.45. The van der Waals surface area contributed by atoms with Crippen molar-refractivity contribution in [3.8, 4) is 0 Å². The average Bonchev–Trinajstić information content (AvgIpc) is 2.89. The maximum Gasteiger partial charge on any atom is 0.149 e. The first-order valence-electron chi connectivity index (χ1n) is 12.1. The van der Waals surface area contributed by atoms with Gasteiger partial charge in [-0.15, -0.1) is 0 Å². The van der Waals surface area contributed by atoms with Gasteiger partial charge in [0.1, 0.15) is 8.07 Å². The van der Waals surface area contributed by atoms with Gasteiger partial charge in [-0.1, -0.05) is 139 Å². The van der Waals surface area contributed by atoms with Crippen LogP contribution in [-0.2, 0) is 17.8 Å². The molecule has 0 saturated heterocycles. The van der Waals surface area contributed by atoms with Gasteiger partial charge in [0.05, 0.1) is 12.3 Å². The van der Waals surface area contributed by atoms with Crippen molar-refractivity contribution >= 4 is 18.4 Å². The van der Waals surface area contributed by atoms with Crippen LogP contribution < -0.4 is 10.4 Å². The van der Waals surface area contributed by atoms with Crippen LogP contribution in [0.4, 0.5) is 0 Å². The van der Waals surface area contributed by atoms with Gasteiger partial charge in [-0.3, -0.25) is 0 Å². The summed E-state index contributed by atoms with van der Waals surface area (Å²) >= 11 is 0. The van der Waals surface area contributed by atoms with Crippen LogP contribution in [0.3, 0.4) is 0 Å². The number of hydrogen-bond acceptors (Lipinski definition) is 2. The molecule has 0 fully saturated rings. The minimum absolute atomic E-state index is 0.307. The molecular weight excluding hydrogens is 432 g/mol. The van der Waals surface area contributed by atoms with Crippen LogP contribution in [0.5, 0.6) is 0 Å². The van der Waals surface area contributed by atoms with Crippen molar-refractivity contribution < 1.29 is 9.84 Å². The Kier molecular flexibility index (Phi) is 8.48. The molecule has 0 saturated carbocycles. The van der Waals surface area contributed by atoms with Gasteiger partial charge in [0.15, 0.2) is 0 Å². The lowest BCUT2D eigenvalue weighted by molar-refractivity contribution is 0.0962. The molecule has 4 aromatic rings. The summed E-state index contributed by atoms with van der Waals surface area (Å²) in [5.74, 6) is 0.307. The van der Waals surface area contributed by atoms with E-state index in [9.17, 15) is 5.11 Å². The average molecular weight is 467 g/mol. The molecule has 2 nitrogen and oxygen atoms in total. The van der Waals surface area contributed by atoms with E-state index in [1.54, 1.807) is 0 Å². The van der Waals surface area contributed by atoms with Gasteiger partial charge in [0, 0.05) is 6.61 Å². The third kappa shape index (κ3) is 5.92. The highest BCUT2D eigenvalue weighted by Crippen LogP contribution is 2.25. The molecule has 0 heterocycles. The van der Waals surface area contributed by atoms with E-state index in [1.165, 1.54) is 21.5 Å². The molecule has 1 N–H and O–H groups in total. The SMILES string of the molecule is C[C@@H](COCc1ccccc1)C[Si](c1ccccc1)(c1ccccc1)C(O)Cc1ccccc1. The highest BCUT2D eigenvalue weighted by atomic mass is 28.3. The number of rotatable bonds is 11. The minimum atomic E-state index is -2.55. The summed E-state index contributed by atoms with van der Waals surface area (Å²) in [6, 6.07) is 43.0. The smallest absolute Gasteiger partial charge is 0.149 e. The second-order valence-electron chi connectivity index (χ2n) is 9.22. The van der Waals surface area contributed by atoms with E-state index in [2.05, 4.69) is 104 Å². The molecule has 174 valence electrons. The van der Waals surface area contributed by atoms with Gasteiger partial charge < -0.3 is 9.84 Å². The van der Waals surface area contributed by atoms with Crippen molar-refractivity contribution in [2.45, 2.75) is 31.7 Å². The van der Waals surface area contributed by atoms with E-state index in [-0.39, 0.29) is 0 Å². The van der Waals surface area contributed by atoms with E-state index in [0.29, 0.717) is 25.6 Å². The van der Waals surface area contributed by atoms with Crippen LogP contribution in [0.2, 0.25) is 6.04 Å². The minimum Gasteiger partial charge on any atom is -0.395 e. The summed E-state index contributed by atoms with van der Waals surface area (Å²) in [6.45, 7) is 3.54. The molecule has 2 atom stereocenters. The van der Waals surface area contributed by atoms with Crippen molar-refractivity contribution in [1.29, 1.82) is 0 Å². The molecule has 0 radical (unpaired) electrons. The van der Waals surface area contributed by atoms with Crippen LogP contribution in [0.1, 0.15) is 18.1 Å². The molecular formula is C31H34O2Si. The maximum absolute atomic E-state index is 12.0. The Morgan fingerprint density at radius 3 is 1.59 bits per heavy atom. The summed E-state index contributed by atoms with van der Waals surface area (Å²) in [5, 5.41) is 14.5. The third-order valence-electron chi connectivity index (χ3n) is 6.60.